The normalized spacial score (nSPS) is 13.2. The number of ether oxygens (including phenoxy) is 1. The van der Waals surface area contributed by atoms with E-state index in [-0.39, 0.29) is 22.9 Å². The third kappa shape index (κ3) is 4.19. The molecule has 0 aliphatic rings. The Morgan fingerprint density at radius 3 is 2.63 bits per heavy atom. The van der Waals surface area contributed by atoms with Crippen molar-refractivity contribution in [2.45, 2.75) is 31.4 Å². The van der Waals surface area contributed by atoms with E-state index in [1.54, 1.807) is 26.0 Å². The highest BCUT2D eigenvalue weighted by molar-refractivity contribution is 7.89. The van der Waals surface area contributed by atoms with Gasteiger partial charge in [-0.15, -0.1) is 11.3 Å². The number of aromatic nitrogens is 3. The van der Waals surface area contributed by atoms with E-state index in [2.05, 4.69) is 18.5 Å². The molecule has 0 radical (unpaired) electrons. The van der Waals surface area contributed by atoms with Crippen molar-refractivity contribution in [3.05, 3.63) is 47.5 Å². The van der Waals surface area contributed by atoms with E-state index in [9.17, 15) is 13.2 Å². The van der Waals surface area contributed by atoms with Crippen LogP contribution in [-0.2, 0) is 26.2 Å². The number of benzene rings is 2. The minimum atomic E-state index is -4.01. The predicted molar refractivity (Wildman–Crippen MR) is 116 cm³/mol. The van der Waals surface area contributed by atoms with Crippen LogP contribution in [0.2, 0.25) is 0 Å². The van der Waals surface area contributed by atoms with Gasteiger partial charge in [0, 0.05) is 0 Å². The minimum Gasteiger partial charge on any atom is -0.457 e. The summed E-state index contributed by atoms with van der Waals surface area (Å²) in [5, 5.41) is 0.647. The van der Waals surface area contributed by atoms with Gasteiger partial charge in [0.2, 0.25) is 10.0 Å². The Morgan fingerprint density at radius 1 is 1.10 bits per heavy atom. The smallest absolute Gasteiger partial charge is 0.324 e. The van der Waals surface area contributed by atoms with Gasteiger partial charge in [0.15, 0.2) is 0 Å². The summed E-state index contributed by atoms with van der Waals surface area (Å²) in [5.41, 5.74) is 1.60. The third-order valence-corrected chi connectivity index (χ3v) is 7.44. The van der Waals surface area contributed by atoms with Crippen LogP contribution in [0.5, 0.6) is 0 Å². The van der Waals surface area contributed by atoms with Crippen LogP contribution >= 0.6 is 23.1 Å². The summed E-state index contributed by atoms with van der Waals surface area (Å²) < 4.78 is 42.9. The Morgan fingerprint density at radius 2 is 1.87 bits per heavy atom. The number of hydrogen-bond acceptors (Lipinski definition) is 9. The number of esters is 1. The standard InChI is InChI=1S/C19H18N4O4S3/c1-11(2)17(19(24)27-10-16-20-12-6-3-4-8-14(12)28-16)23-30(25,26)15-9-5-7-13-18(15)22-29-21-13/h3-9,11,17,23H,10H2,1-2H3. The quantitative estimate of drug-likeness (QED) is 0.419. The number of fused-ring (bicyclic) bond motifs is 2. The van der Waals surface area contributed by atoms with E-state index in [4.69, 9.17) is 4.74 Å². The molecular weight excluding hydrogens is 444 g/mol. The molecule has 30 heavy (non-hydrogen) atoms. The Labute approximate surface area is 181 Å². The average molecular weight is 463 g/mol. The van der Waals surface area contributed by atoms with Crippen molar-refractivity contribution in [3.8, 4) is 0 Å². The minimum absolute atomic E-state index is 0.0154. The van der Waals surface area contributed by atoms with Gasteiger partial charge in [-0.05, 0) is 30.2 Å². The number of para-hydroxylation sites is 1. The van der Waals surface area contributed by atoms with Crippen molar-refractivity contribution < 1.29 is 17.9 Å². The highest BCUT2D eigenvalue weighted by atomic mass is 32.2. The molecule has 8 nitrogen and oxygen atoms in total. The van der Waals surface area contributed by atoms with Crippen LogP contribution in [-0.4, -0.2) is 34.2 Å². The fourth-order valence-electron chi connectivity index (χ4n) is 2.89. The van der Waals surface area contributed by atoms with Crippen LogP contribution in [0.15, 0.2) is 47.4 Å². The molecule has 0 bridgehead atoms. The molecule has 0 amide bonds. The molecule has 4 aromatic rings. The molecule has 2 aromatic carbocycles. The molecule has 1 atom stereocenters. The van der Waals surface area contributed by atoms with Crippen molar-refractivity contribution in [1.82, 2.24) is 18.5 Å². The monoisotopic (exact) mass is 462 g/mol. The Kier molecular flexibility index (Phi) is 5.78. The van der Waals surface area contributed by atoms with Gasteiger partial charge in [-0.2, -0.15) is 13.5 Å². The average Bonchev–Trinajstić information content (AvgIpc) is 3.36. The van der Waals surface area contributed by atoms with Crippen LogP contribution in [0.1, 0.15) is 18.9 Å². The molecule has 156 valence electrons. The third-order valence-electron chi connectivity index (χ3n) is 4.42. The molecule has 11 heteroatoms. The highest BCUT2D eigenvalue weighted by Gasteiger charge is 2.31. The van der Waals surface area contributed by atoms with Gasteiger partial charge in [-0.1, -0.05) is 32.0 Å². The highest BCUT2D eigenvalue weighted by Crippen LogP contribution is 2.24. The van der Waals surface area contributed by atoms with E-state index in [0.29, 0.717) is 10.5 Å². The van der Waals surface area contributed by atoms with Gasteiger partial charge in [0.25, 0.3) is 0 Å². The van der Waals surface area contributed by atoms with Gasteiger partial charge in [-0.3, -0.25) is 4.79 Å². The second-order valence-electron chi connectivity index (χ2n) is 6.91. The first-order valence-electron chi connectivity index (χ1n) is 9.10. The van der Waals surface area contributed by atoms with Gasteiger partial charge in [0.05, 0.1) is 21.9 Å². The first-order valence-corrected chi connectivity index (χ1v) is 12.1. The number of rotatable bonds is 7. The molecule has 4 rings (SSSR count). The van der Waals surface area contributed by atoms with Crippen molar-refractivity contribution in [2.24, 2.45) is 5.92 Å². The summed E-state index contributed by atoms with van der Waals surface area (Å²) in [4.78, 5) is 17.1. The molecule has 0 aliphatic carbocycles. The van der Waals surface area contributed by atoms with Gasteiger partial charge in [-0.25, -0.2) is 13.4 Å². The van der Waals surface area contributed by atoms with Gasteiger partial charge in [0.1, 0.15) is 33.6 Å². The van der Waals surface area contributed by atoms with E-state index in [1.165, 1.54) is 17.4 Å². The number of nitrogens with one attached hydrogen (secondary N) is 1. The topological polar surface area (TPSA) is 111 Å². The van der Waals surface area contributed by atoms with Crippen LogP contribution in [0, 0.1) is 5.92 Å². The summed E-state index contributed by atoms with van der Waals surface area (Å²) in [6, 6.07) is 11.3. The first kappa shape index (κ1) is 20.8. The summed E-state index contributed by atoms with van der Waals surface area (Å²) in [7, 11) is -4.01. The van der Waals surface area contributed by atoms with Crippen LogP contribution < -0.4 is 4.72 Å². The van der Waals surface area contributed by atoms with Crippen molar-refractivity contribution in [1.29, 1.82) is 0 Å². The number of nitrogens with zero attached hydrogens (tertiary/aromatic N) is 3. The second-order valence-corrected chi connectivity index (χ2v) is 10.2. The fourth-order valence-corrected chi connectivity index (χ4v) is 5.87. The second kappa shape index (κ2) is 8.34. The lowest BCUT2D eigenvalue weighted by Crippen LogP contribution is -2.45. The maximum atomic E-state index is 13.0. The summed E-state index contributed by atoms with van der Waals surface area (Å²) in [5.74, 6) is -0.980. The largest absolute Gasteiger partial charge is 0.457 e. The van der Waals surface area contributed by atoms with Crippen molar-refractivity contribution in [3.63, 3.8) is 0 Å². The lowest BCUT2D eigenvalue weighted by Gasteiger charge is -2.20. The maximum Gasteiger partial charge on any atom is 0.324 e. The first-order chi connectivity index (χ1) is 14.3. The van der Waals surface area contributed by atoms with E-state index in [1.807, 2.05) is 24.3 Å². The van der Waals surface area contributed by atoms with Crippen molar-refractivity contribution in [2.75, 3.05) is 0 Å². The molecule has 0 spiro atoms. The lowest BCUT2D eigenvalue weighted by atomic mass is 10.1. The number of thiazole rings is 1. The van der Waals surface area contributed by atoms with E-state index < -0.39 is 22.0 Å². The molecule has 0 saturated carbocycles. The molecule has 0 fully saturated rings. The van der Waals surface area contributed by atoms with Crippen molar-refractivity contribution >= 4 is 60.3 Å². The Bertz CT molecular complexity index is 1280. The van der Waals surface area contributed by atoms with Gasteiger partial charge >= 0.3 is 5.97 Å². The lowest BCUT2D eigenvalue weighted by molar-refractivity contribution is -0.148. The SMILES string of the molecule is CC(C)C(NS(=O)(=O)c1cccc2nsnc12)C(=O)OCc1nc2ccccc2s1. The number of carbonyl (C=O) groups excluding carboxylic acids is 1. The summed E-state index contributed by atoms with van der Waals surface area (Å²) in [6.45, 7) is 3.48. The molecule has 0 aliphatic heterocycles. The number of carbonyl (C=O) groups is 1. The summed E-state index contributed by atoms with van der Waals surface area (Å²) in [6.07, 6.45) is 0. The zero-order valence-electron chi connectivity index (χ0n) is 16.1. The molecule has 0 saturated heterocycles. The van der Waals surface area contributed by atoms with Crippen LogP contribution in [0.4, 0.5) is 0 Å². The Hall–Kier alpha value is -2.47. The molecular formula is C19H18N4O4S3. The van der Waals surface area contributed by atoms with E-state index >= 15 is 0 Å². The molecule has 2 heterocycles. The molecule has 1 unspecified atom stereocenters. The zero-order chi connectivity index (χ0) is 21.3. The molecule has 2 aromatic heterocycles. The van der Waals surface area contributed by atoms with Gasteiger partial charge < -0.3 is 4.74 Å². The Balaban J connectivity index is 1.51. The maximum absolute atomic E-state index is 13.0. The zero-order valence-corrected chi connectivity index (χ0v) is 18.6. The summed E-state index contributed by atoms with van der Waals surface area (Å²) >= 11 is 2.36. The number of sulfonamides is 1. The molecule has 1 N–H and O–H groups in total. The fraction of sp³-hybridized carbons (Fsp3) is 0.263. The van der Waals surface area contributed by atoms with Crippen LogP contribution in [0.3, 0.4) is 0 Å². The number of hydrogen-bond donors (Lipinski definition) is 1. The predicted octanol–water partition coefficient (Wildman–Crippen LogP) is 3.35. The van der Waals surface area contributed by atoms with Crippen LogP contribution in [0.25, 0.3) is 21.3 Å². The van der Waals surface area contributed by atoms with E-state index in [0.717, 1.165) is 21.9 Å².